The maximum Gasteiger partial charge on any atom is 0.184 e. The molecule has 2 aromatic rings. The number of nitrogens with zero attached hydrogens (tertiary/aromatic N) is 1. The summed E-state index contributed by atoms with van der Waals surface area (Å²) >= 11 is 4.67. The minimum atomic E-state index is 0.142. The average Bonchev–Trinajstić information content (AvgIpc) is 2.53. The van der Waals surface area contributed by atoms with Crippen molar-refractivity contribution in [2.45, 2.75) is 32.8 Å². The number of hydrazone groups is 1. The van der Waals surface area contributed by atoms with E-state index in [0.29, 0.717) is 6.61 Å². The number of rotatable bonds is 5. The molecule has 0 aromatic heterocycles. The van der Waals surface area contributed by atoms with Gasteiger partial charge in [-0.25, -0.2) is 0 Å². The molecule has 0 aliphatic carbocycles. The molecule has 0 amide bonds. The average molecular weight is 341 g/mol. The third-order valence-corrected chi connectivity index (χ3v) is 3.59. The van der Waals surface area contributed by atoms with Gasteiger partial charge in [0.2, 0.25) is 0 Å². The standard InChI is InChI=1S/C19H23N3OS/c1-19(2,3)16-8-4-15(5-9-16)13-23-17-10-6-14(7-11-17)12-21-22-18(20)24/h4-12H,13H2,1-3H3,(H3,20,22,24)/b21-12+. The SMILES string of the molecule is CC(C)(C)c1ccc(COc2ccc(/C=N/NC(N)=S)cc2)cc1. The lowest BCUT2D eigenvalue weighted by Gasteiger charge is -2.19. The van der Waals surface area contributed by atoms with Crippen molar-refractivity contribution < 1.29 is 4.74 Å². The van der Waals surface area contributed by atoms with Crippen molar-refractivity contribution in [2.24, 2.45) is 10.8 Å². The van der Waals surface area contributed by atoms with Crippen molar-refractivity contribution in [1.82, 2.24) is 5.43 Å². The quantitative estimate of drug-likeness (QED) is 0.494. The summed E-state index contributed by atoms with van der Waals surface area (Å²) in [5.41, 5.74) is 11.4. The minimum absolute atomic E-state index is 0.142. The minimum Gasteiger partial charge on any atom is -0.489 e. The van der Waals surface area contributed by atoms with E-state index in [1.54, 1.807) is 6.21 Å². The smallest absolute Gasteiger partial charge is 0.184 e. The number of nitrogens with two attached hydrogens (primary N) is 1. The first-order valence-corrected chi connectivity index (χ1v) is 8.16. The van der Waals surface area contributed by atoms with Gasteiger partial charge < -0.3 is 10.5 Å². The maximum absolute atomic E-state index is 5.81. The lowest BCUT2D eigenvalue weighted by atomic mass is 9.87. The second-order valence-electron chi connectivity index (χ2n) is 6.54. The molecule has 24 heavy (non-hydrogen) atoms. The first-order chi connectivity index (χ1) is 11.3. The molecule has 0 radical (unpaired) electrons. The summed E-state index contributed by atoms with van der Waals surface area (Å²) in [5, 5.41) is 4.05. The van der Waals surface area contributed by atoms with Crippen molar-refractivity contribution in [3.63, 3.8) is 0 Å². The zero-order valence-corrected chi connectivity index (χ0v) is 15.1. The predicted molar refractivity (Wildman–Crippen MR) is 103 cm³/mol. The number of hydrogen-bond donors (Lipinski definition) is 2. The van der Waals surface area contributed by atoms with Gasteiger partial charge in [0.1, 0.15) is 12.4 Å². The molecular formula is C19H23N3OS. The Labute approximate surface area is 148 Å². The summed E-state index contributed by atoms with van der Waals surface area (Å²) in [5.74, 6) is 0.814. The molecule has 0 spiro atoms. The second-order valence-corrected chi connectivity index (χ2v) is 6.98. The van der Waals surface area contributed by atoms with Crippen LogP contribution in [0.4, 0.5) is 0 Å². The topological polar surface area (TPSA) is 59.6 Å². The van der Waals surface area contributed by atoms with E-state index >= 15 is 0 Å². The highest BCUT2D eigenvalue weighted by molar-refractivity contribution is 7.80. The van der Waals surface area contributed by atoms with Crippen LogP contribution < -0.4 is 15.9 Å². The molecule has 0 heterocycles. The highest BCUT2D eigenvalue weighted by Crippen LogP contribution is 2.22. The molecule has 2 rings (SSSR count). The summed E-state index contributed by atoms with van der Waals surface area (Å²) in [6, 6.07) is 16.2. The van der Waals surface area contributed by atoms with Crippen LogP contribution in [-0.2, 0) is 12.0 Å². The van der Waals surface area contributed by atoms with Gasteiger partial charge in [-0.15, -0.1) is 0 Å². The number of thiocarbonyl (C=S) groups is 1. The highest BCUT2D eigenvalue weighted by atomic mass is 32.1. The first-order valence-electron chi connectivity index (χ1n) is 7.75. The lowest BCUT2D eigenvalue weighted by molar-refractivity contribution is 0.306. The molecule has 0 saturated heterocycles. The molecule has 0 unspecified atom stereocenters. The Bertz CT molecular complexity index is 701. The van der Waals surface area contributed by atoms with E-state index in [0.717, 1.165) is 16.9 Å². The van der Waals surface area contributed by atoms with Crippen LogP contribution in [0.5, 0.6) is 5.75 Å². The van der Waals surface area contributed by atoms with Gasteiger partial charge in [0, 0.05) is 0 Å². The summed E-state index contributed by atoms with van der Waals surface area (Å²) in [6.45, 7) is 7.17. The summed E-state index contributed by atoms with van der Waals surface area (Å²) in [7, 11) is 0. The fourth-order valence-electron chi connectivity index (χ4n) is 2.09. The van der Waals surface area contributed by atoms with E-state index in [-0.39, 0.29) is 10.5 Å². The van der Waals surface area contributed by atoms with Crippen LogP contribution in [0.25, 0.3) is 0 Å². The van der Waals surface area contributed by atoms with Crippen molar-refractivity contribution in [2.75, 3.05) is 0 Å². The van der Waals surface area contributed by atoms with Crippen molar-refractivity contribution in [3.05, 3.63) is 65.2 Å². The van der Waals surface area contributed by atoms with Crippen molar-refractivity contribution in [3.8, 4) is 5.75 Å². The summed E-state index contributed by atoms with van der Waals surface area (Å²) in [6.07, 6.45) is 1.65. The van der Waals surface area contributed by atoms with Crippen LogP contribution in [0, 0.1) is 0 Å². The number of nitrogens with one attached hydrogen (secondary N) is 1. The van der Waals surface area contributed by atoms with Gasteiger partial charge in [-0.05, 0) is 58.6 Å². The van der Waals surface area contributed by atoms with Gasteiger partial charge in [0.15, 0.2) is 5.11 Å². The van der Waals surface area contributed by atoms with Crippen molar-refractivity contribution >= 4 is 23.5 Å². The van der Waals surface area contributed by atoms with Crippen LogP contribution >= 0.6 is 12.2 Å². The first kappa shape index (κ1) is 17.9. The zero-order chi connectivity index (χ0) is 17.6. The fraction of sp³-hybridized carbons (Fsp3) is 0.263. The van der Waals surface area contributed by atoms with E-state index in [4.69, 9.17) is 10.5 Å². The molecule has 126 valence electrons. The van der Waals surface area contributed by atoms with E-state index in [2.05, 4.69) is 67.8 Å². The van der Waals surface area contributed by atoms with Gasteiger partial charge in [-0.1, -0.05) is 45.0 Å². The summed E-state index contributed by atoms with van der Waals surface area (Å²) in [4.78, 5) is 0. The molecule has 5 heteroatoms. The molecule has 3 N–H and O–H groups in total. The Hall–Kier alpha value is -2.40. The van der Waals surface area contributed by atoms with Gasteiger partial charge in [0.05, 0.1) is 6.21 Å². The molecule has 0 fully saturated rings. The zero-order valence-electron chi connectivity index (χ0n) is 14.2. The fourth-order valence-corrected chi connectivity index (χ4v) is 2.14. The molecule has 0 aliphatic heterocycles. The Morgan fingerprint density at radius 2 is 1.75 bits per heavy atom. The van der Waals surface area contributed by atoms with Gasteiger partial charge in [0.25, 0.3) is 0 Å². The normalized spacial score (nSPS) is 11.5. The molecule has 2 aromatic carbocycles. The van der Waals surface area contributed by atoms with Crippen LogP contribution in [0.15, 0.2) is 53.6 Å². The maximum atomic E-state index is 5.81. The van der Waals surface area contributed by atoms with Gasteiger partial charge in [-0.2, -0.15) is 5.10 Å². The monoisotopic (exact) mass is 341 g/mol. The molecule has 0 saturated carbocycles. The Morgan fingerprint density at radius 3 is 2.29 bits per heavy atom. The molecule has 0 atom stereocenters. The number of hydrogen-bond acceptors (Lipinski definition) is 3. The third-order valence-electron chi connectivity index (χ3n) is 3.49. The number of benzene rings is 2. The Morgan fingerprint density at radius 1 is 1.12 bits per heavy atom. The van der Waals surface area contributed by atoms with E-state index in [9.17, 15) is 0 Å². The van der Waals surface area contributed by atoms with Crippen LogP contribution in [0.3, 0.4) is 0 Å². The molecule has 0 aliphatic rings. The van der Waals surface area contributed by atoms with Crippen LogP contribution in [0.2, 0.25) is 0 Å². The van der Waals surface area contributed by atoms with E-state index in [1.165, 1.54) is 5.56 Å². The third kappa shape index (κ3) is 5.66. The lowest BCUT2D eigenvalue weighted by Crippen LogP contribution is -2.23. The van der Waals surface area contributed by atoms with Crippen LogP contribution in [-0.4, -0.2) is 11.3 Å². The molecule has 4 nitrogen and oxygen atoms in total. The van der Waals surface area contributed by atoms with E-state index < -0.39 is 0 Å². The Balaban J connectivity index is 1.90. The Kier molecular flexibility index (Phi) is 5.93. The second kappa shape index (κ2) is 7.93. The van der Waals surface area contributed by atoms with Crippen LogP contribution in [0.1, 0.15) is 37.5 Å². The largest absolute Gasteiger partial charge is 0.489 e. The van der Waals surface area contributed by atoms with Gasteiger partial charge >= 0.3 is 0 Å². The number of ether oxygens (including phenoxy) is 1. The summed E-state index contributed by atoms with van der Waals surface area (Å²) < 4.78 is 5.81. The van der Waals surface area contributed by atoms with Gasteiger partial charge in [-0.3, -0.25) is 5.43 Å². The highest BCUT2D eigenvalue weighted by Gasteiger charge is 2.12. The predicted octanol–water partition coefficient (Wildman–Crippen LogP) is 3.73. The molecule has 0 bridgehead atoms. The molecular weight excluding hydrogens is 318 g/mol. The van der Waals surface area contributed by atoms with E-state index in [1.807, 2.05) is 24.3 Å². The van der Waals surface area contributed by atoms with Crippen molar-refractivity contribution in [1.29, 1.82) is 0 Å².